The van der Waals surface area contributed by atoms with Gasteiger partial charge in [-0.15, -0.1) is 10.2 Å². The SMILES string of the molecule is CCCOc1ccc(/C=N/NC(=O)CSc2nnc(-c3ccc(OC)cc3)n2-c2ccc(OC)cc2)cc1. The van der Waals surface area contributed by atoms with Crippen molar-refractivity contribution < 1.29 is 19.0 Å². The number of hydrogen-bond acceptors (Lipinski definition) is 8. The minimum absolute atomic E-state index is 0.109. The molecule has 0 unspecified atom stereocenters. The molecule has 3 aromatic carbocycles. The van der Waals surface area contributed by atoms with Gasteiger partial charge < -0.3 is 14.2 Å². The van der Waals surface area contributed by atoms with Crippen LogP contribution in [0.5, 0.6) is 17.2 Å². The van der Waals surface area contributed by atoms with Crippen LogP contribution in [-0.2, 0) is 4.79 Å². The second-order valence-corrected chi connectivity index (χ2v) is 9.01. The van der Waals surface area contributed by atoms with E-state index in [2.05, 4.69) is 27.6 Å². The van der Waals surface area contributed by atoms with Crippen LogP contribution in [0.15, 0.2) is 83.1 Å². The van der Waals surface area contributed by atoms with Gasteiger partial charge in [-0.25, -0.2) is 5.43 Å². The average Bonchev–Trinajstić information content (AvgIpc) is 3.39. The van der Waals surface area contributed by atoms with Crippen LogP contribution < -0.4 is 19.6 Å². The van der Waals surface area contributed by atoms with Gasteiger partial charge in [0.1, 0.15) is 17.2 Å². The third kappa shape index (κ3) is 6.92. The van der Waals surface area contributed by atoms with E-state index in [1.807, 2.05) is 77.4 Å². The number of nitrogens with one attached hydrogen (secondary N) is 1. The summed E-state index contributed by atoms with van der Waals surface area (Å²) in [6.45, 7) is 2.74. The van der Waals surface area contributed by atoms with Crippen molar-refractivity contribution >= 4 is 23.9 Å². The Bertz CT molecular complexity index is 1350. The van der Waals surface area contributed by atoms with Gasteiger partial charge in [-0.1, -0.05) is 18.7 Å². The molecule has 4 aromatic rings. The molecular weight excluding hydrogens is 502 g/mol. The van der Waals surface area contributed by atoms with E-state index >= 15 is 0 Å². The molecule has 0 aliphatic rings. The lowest BCUT2D eigenvalue weighted by molar-refractivity contribution is -0.118. The van der Waals surface area contributed by atoms with Crippen molar-refractivity contribution in [2.75, 3.05) is 26.6 Å². The maximum Gasteiger partial charge on any atom is 0.250 e. The number of rotatable bonds is 12. The maximum absolute atomic E-state index is 12.5. The quantitative estimate of drug-likeness (QED) is 0.156. The first-order valence-corrected chi connectivity index (χ1v) is 13.0. The van der Waals surface area contributed by atoms with Crippen molar-refractivity contribution in [3.63, 3.8) is 0 Å². The molecule has 0 radical (unpaired) electrons. The molecule has 1 heterocycles. The van der Waals surface area contributed by atoms with Gasteiger partial charge in [0.05, 0.1) is 32.8 Å². The molecule has 0 fully saturated rings. The van der Waals surface area contributed by atoms with Crippen LogP contribution in [0, 0.1) is 0 Å². The van der Waals surface area contributed by atoms with Gasteiger partial charge in [0.15, 0.2) is 11.0 Å². The number of hydrazone groups is 1. The van der Waals surface area contributed by atoms with E-state index in [9.17, 15) is 4.79 Å². The number of aromatic nitrogens is 3. The van der Waals surface area contributed by atoms with E-state index in [1.165, 1.54) is 11.8 Å². The predicted molar refractivity (Wildman–Crippen MR) is 149 cm³/mol. The maximum atomic E-state index is 12.5. The van der Waals surface area contributed by atoms with Gasteiger partial charge in [0, 0.05) is 11.3 Å². The highest BCUT2D eigenvalue weighted by Crippen LogP contribution is 2.29. The fourth-order valence-electron chi connectivity index (χ4n) is 3.47. The third-order valence-corrected chi connectivity index (χ3v) is 6.33. The molecule has 0 spiro atoms. The van der Waals surface area contributed by atoms with E-state index in [0.29, 0.717) is 17.6 Å². The van der Waals surface area contributed by atoms with Crippen molar-refractivity contribution in [1.29, 1.82) is 0 Å². The Kier molecular flexibility index (Phi) is 9.36. The second kappa shape index (κ2) is 13.3. The van der Waals surface area contributed by atoms with Crippen molar-refractivity contribution in [2.24, 2.45) is 5.10 Å². The Hall–Kier alpha value is -4.31. The van der Waals surface area contributed by atoms with Crippen LogP contribution in [0.25, 0.3) is 17.1 Å². The Morgan fingerprint density at radius 2 is 1.55 bits per heavy atom. The number of amides is 1. The number of hydrogen-bond donors (Lipinski definition) is 1. The highest BCUT2D eigenvalue weighted by Gasteiger charge is 2.17. The fourth-order valence-corrected chi connectivity index (χ4v) is 4.21. The molecule has 1 aromatic heterocycles. The van der Waals surface area contributed by atoms with Gasteiger partial charge in [-0.2, -0.15) is 5.10 Å². The number of nitrogens with zero attached hydrogens (tertiary/aromatic N) is 4. The molecule has 38 heavy (non-hydrogen) atoms. The normalized spacial score (nSPS) is 10.9. The Balaban J connectivity index is 1.45. The first-order chi connectivity index (χ1) is 18.6. The lowest BCUT2D eigenvalue weighted by atomic mass is 10.2. The summed E-state index contributed by atoms with van der Waals surface area (Å²) in [5.74, 6) is 2.78. The Morgan fingerprint density at radius 1 is 0.921 bits per heavy atom. The molecule has 196 valence electrons. The molecule has 0 saturated heterocycles. The van der Waals surface area contributed by atoms with E-state index in [0.717, 1.165) is 40.5 Å². The largest absolute Gasteiger partial charge is 0.497 e. The summed E-state index contributed by atoms with van der Waals surface area (Å²) in [6, 6.07) is 22.7. The van der Waals surface area contributed by atoms with Gasteiger partial charge >= 0.3 is 0 Å². The lowest BCUT2D eigenvalue weighted by Crippen LogP contribution is -2.20. The molecule has 0 saturated carbocycles. The summed E-state index contributed by atoms with van der Waals surface area (Å²) >= 11 is 1.27. The molecule has 0 aliphatic carbocycles. The minimum Gasteiger partial charge on any atom is -0.497 e. The number of carbonyl (C=O) groups is 1. The van der Waals surface area contributed by atoms with Crippen LogP contribution in [0.4, 0.5) is 0 Å². The average molecular weight is 532 g/mol. The Labute approximate surface area is 225 Å². The van der Waals surface area contributed by atoms with Crippen molar-refractivity contribution in [3.8, 4) is 34.3 Å². The monoisotopic (exact) mass is 531 g/mol. The van der Waals surface area contributed by atoms with Crippen LogP contribution in [0.1, 0.15) is 18.9 Å². The number of benzene rings is 3. The zero-order chi connectivity index (χ0) is 26.7. The van der Waals surface area contributed by atoms with Gasteiger partial charge in [0.25, 0.3) is 5.91 Å². The van der Waals surface area contributed by atoms with Gasteiger partial charge in [-0.05, 0) is 84.8 Å². The van der Waals surface area contributed by atoms with Crippen molar-refractivity contribution in [1.82, 2.24) is 20.2 Å². The summed E-state index contributed by atoms with van der Waals surface area (Å²) in [7, 11) is 3.24. The summed E-state index contributed by atoms with van der Waals surface area (Å²) in [5, 5.41) is 13.4. The fraction of sp³-hybridized carbons (Fsp3) is 0.214. The molecule has 4 rings (SSSR count). The molecular formula is C28H29N5O4S. The molecule has 10 heteroatoms. The number of ether oxygens (including phenoxy) is 3. The second-order valence-electron chi connectivity index (χ2n) is 8.07. The summed E-state index contributed by atoms with van der Waals surface area (Å²) < 4.78 is 18.1. The zero-order valence-electron chi connectivity index (χ0n) is 21.5. The highest BCUT2D eigenvalue weighted by molar-refractivity contribution is 7.99. The van der Waals surface area contributed by atoms with Gasteiger partial charge in [0.2, 0.25) is 0 Å². The minimum atomic E-state index is -0.260. The highest BCUT2D eigenvalue weighted by atomic mass is 32.2. The smallest absolute Gasteiger partial charge is 0.250 e. The van der Waals surface area contributed by atoms with E-state index < -0.39 is 0 Å². The van der Waals surface area contributed by atoms with E-state index in [4.69, 9.17) is 14.2 Å². The third-order valence-electron chi connectivity index (χ3n) is 5.40. The summed E-state index contributed by atoms with van der Waals surface area (Å²) in [5.41, 5.74) is 5.12. The predicted octanol–water partition coefficient (Wildman–Crippen LogP) is 4.98. The van der Waals surface area contributed by atoms with Crippen molar-refractivity contribution in [3.05, 3.63) is 78.4 Å². The topological polar surface area (TPSA) is 99.9 Å². The van der Waals surface area contributed by atoms with Crippen LogP contribution in [0.3, 0.4) is 0 Å². The summed E-state index contributed by atoms with van der Waals surface area (Å²) in [6.07, 6.45) is 2.54. The van der Waals surface area contributed by atoms with E-state index in [1.54, 1.807) is 20.4 Å². The molecule has 1 N–H and O–H groups in total. The lowest BCUT2D eigenvalue weighted by Gasteiger charge is -2.11. The summed E-state index contributed by atoms with van der Waals surface area (Å²) in [4.78, 5) is 12.5. The number of thioether (sulfide) groups is 1. The Morgan fingerprint density at radius 3 is 2.18 bits per heavy atom. The standard InChI is InChI=1S/C28H29N5O4S/c1-4-17-37-25-11-5-20(6-12-25)18-29-30-26(34)19-38-28-32-31-27(21-7-13-23(35-2)14-8-21)33(28)22-9-15-24(36-3)16-10-22/h5-16,18H,4,17,19H2,1-3H3,(H,30,34)/b29-18+. The van der Waals surface area contributed by atoms with E-state index in [-0.39, 0.29) is 11.7 Å². The number of carbonyl (C=O) groups excluding carboxylic acids is 1. The molecule has 1 amide bonds. The molecule has 0 bridgehead atoms. The van der Waals surface area contributed by atoms with Crippen LogP contribution >= 0.6 is 11.8 Å². The first kappa shape index (κ1) is 26.7. The zero-order valence-corrected chi connectivity index (χ0v) is 22.3. The molecule has 0 aliphatic heterocycles. The van der Waals surface area contributed by atoms with Crippen molar-refractivity contribution in [2.45, 2.75) is 18.5 Å². The van der Waals surface area contributed by atoms with Crippen LogP contribution in [0.2, 0.25) is 0 Å². The van der Waals surface area contributed by atoms with Gasteiger partial charge in [-0.3, -0.25) is 9.36 Å². The molecule has 9 nitrogen and oxygen atoms in total. The molecule has 0 atom stereocenters. The van der Waals surface area contributed by atoms with Crippen LogP contribution in [-0.4, -0.2) is 53.5 Å². The number of methoxy groups -OCH3 is 2. The first-order valence-electron chi connectivity index (χ1n) is 12.0.